The number of aliphatic hydroxyl groups excluding tert-OH is 1. The minimum Gasteiger partial charge on any atom is -0.423 e. The molecule has 44 heavy (non-hydrogen) atoms. The van der Waals surface area contributed by atoms with Crippen LogP contribution in [0.25, 0.3) is 11.2 Å². The van der Waals surface area contributed by atoms with Crippen LogP contribution in [0, 0.1) is 0 Å². The molecule has 1 amide bonds. The van der Waals surface area contributed by atoms with Crippen molar-refractivity contribution in [3.05, 3.63) is 42.5 Å². The first-order valence-electron chi connectivity index (χ1n) is 15.5. The molecule has 0 aliphatic rings. The maximum absolute atomic E-state index is 12.7. The Kier molecular flexibility index (Phi) is 15.0. The Labute approximate surface area is 259 Å². The van der Waals surface area contributed by atoms with E-state index in [1.165, 1.54) is 64.0 Å². The fourth-order valence-electron chi connectivity index (χ4n) is 4.89. The number of nitrogens with zero attached hydrogens (tertiary/aromatic N) is 4. The SMILES string of the molecule is CCCCCCCCCCCCN[C@@H](Cc1ccc(OP(=O)(O)CO[C@H](CO)Cn2cnc3c(N)ncnc32)cc1)C(N)=O. The Bertz CT molecular complexity index is 1320. The fraction of sp³-hybridized carbons (Fsp3) is 0.600. The maximum Gasteiger partial charge on any atom is 0.402 e. The first-order valence-corrected chi connectivity index (χ1v) is 17.3. The summed E-state index contributed by atoms with van der Waals surface area (Å²) < 4.78 is 25.1. The van der Waals surface area contributed by atoms with Crippen molar-refractivity contribution in [3.8, 4) is 5.75 Å². The number of anilines is 1. The number of fused-ring (bicyclic) bond motifs is 1. The molecule has 2 aromatic heterocycles. The molecular weight excluding hydrogens is 585 g/mol. The van der Waals surface area contributed by atoms with Gasteiger partial charge in [0.1, 0.15) is 17.6 Å². The zero-order chi connectivity index (χ0) is 31.8. The highest BCUT2D eigenvalue weighted by atomic mass is 31.2. The molecule has 0 saturated heterocycles. The number of aromatic nitrogens is 4. The first-order chi connectivity index (χ1) is 21.2. The van der Waals surface area contributed by atoms with E-state index in [4.69, 9.17) is 20.7 Å². The number of primary amides is 1. The van der Waals surface area contributed by atoms with Gasteiger partial charge in [0.05, 0.1) is 31.6 Å². The number of imidazole rings is 1. The summed E-state index contributed by atoms with van der Waals surface area (Å²) in [5, 5.41) is 13.0. The topological polar surface area (TPSA) is 201 Å². The third-order valence-corrected chi connectivity index (χ3v) is 8.35. The second-order valence-corrected chi connectivity index (χ2v) is 12.8. The van der Waals surface area contributed by atoms with Crippen LogP contribution in [0.5, 0.6) is 5.75 Å². The maximum atomic E-state index is 12.7. The monoisotopic (exact) mass is 633 g/mol. The lowest BCUT2D eigenvalue weighted by Crippen LogP contribution is -2.43. The predicted molar refractivity (Wildman–Crippen MR) is 170 cm³/mol. The van der Waals surface area contributed by atoms with Crippen molar-refractivity contribution < 1.29 is 28.6 Å². The molecule has 1 aromatic carbocycles. The van der Waals surface area contributed by atoms with Crippen LogP contribution >= 0.6 is 7.60 Å². The fourth-order valence-corrected chi connectivity index (χ4v) is 5.79. The van der Waals surface area contributed by atoms with Crippen LogP contribution in [0.15, 0.2) is 36.9 Å². The van der Waals surface area contributed by atoms with E-state index in [1.807, 2.05) is 0 Å². The molecule has 3 atom stereocenters. The van der Waals surface area contributed by atoms with Gasteiger partial charge in [-0.25, -0.2) is 19.5 Å². The Morgan fingerprint density at radius 1 is 1.02 bits per heavy atom. The third kappa shape index (κ3) is 12.1. The first kappa shape index (κ1) is 35.4. The van der Waals surface area contributed by atoms with E-state index >= 15 is 0 Å². The molecule has 0 aliphatic carbocycles. The molecule has 2 heterocycles. The Hall–Kier alpha value is -3.09. The summed E-state index contributed by atoms with van der Waals surface area (Å²) in [5.41, 5.74) is 13.1. The van der Waals surface area contributed by atoms with E-state index in [0.717, 1.165) is 18.4 Å². The summed E-state index contributed by atoms with van der Waals surface area (Å²) in [6, 6.07) is 6.06. The minimum absolute atomic E-state index is 0.117. The zero-order valence-electron chi connectivity index (χ0n) is 25.6. The van der Waals surface area contributed by atoms with E-state index in [0.29, 0.717) is 24.1 Å². The number of ether oxygens (including phenoxy) is 1. The van der Waals surface area contributed by atoms with Crippen molar-refractivity contribution >= 4 is 30.5 Å². The van der Waals surface area contributed by atoms with Gasteiger partial charge in [0.2, 0.25) is 5.91 Å². The molecular formula is C30H48N7O6P. The van der Waals surface area contributed by atoms with E-state index in [-0.39, 0.29) is 18.1 Å². The highest BCUT2D eigenvalue weighted by Gasteiger charge is 2.25. The van der Waals surface area contributed by atoms with Gasteiger partial charge in [-0.2, -0.15) is 0 Å². The van der Waals surface area contributed by atoms with Crippen molar-refractivity contribution in [2.24, 2.45) is 5.73 Å². The lowest BCUT2D eigenvalue weighted by Gasteiger charge is -2.19. The van der Waals surface area contributed by atoms with Gasteiger partial charge in [-0.05, 0) is 37.1 Å². The van der Waals surface area contributed by atoms with Crippen molar-refractivity contribution in [1.29, 1.82) is 0 Å². The molecule has 7 N–H and O–H groups in total. The summed E-state index contributed by atoms with van der Waals surface area (Å²) in [7, 11) is -4.21. The van der Waals surface area contributed by atoms with Crippen LogP contribution in [0.1, 0.15) is 76.7 Å². The largest absolute Gasteiger partial charge is 0.423 e. The van der Waals surface area contributed by atoms with Crippen LogP contribution < -0.4 is 21.3 Å². The van der Waals surface area contributed by atoms with Gasteiger partial charge in [-0.1, -0.05) is 76.8 Å². The van der Waals surface area contributed by atoms with Crippen LogP contribution in [0.3, 0.4) is 0 Å². The Balaban J connectivity index is 1.39. The molecule has 0 bridgehead atoms. The van der Waals surface area contributed by atoms with Crippen LogP contribution in [-0.4, -0.2) is 67.1 Å². The number of hydrogen-bond acceptors (Lipinski definition) is 10. The third-order valence-electron chi connectivity index (χ3n) is 7.38. The number of nitrogens with two attached hydrogens (primary N) is 2. The molecule has 0 radical (unpaired) electrons. The van der Waals surface area contributed by atoms with Gasteiger partial charge < -0.3 is 40.6 Å². The number of nitrogen functional groups attached to an aromatic ring is 1. The van der Waals surface area contributed by atoms with Gasteiger partial charge in [0.25, 0.3) is 0 Å². The molecule has 3 rings (SSSR count). The predicted octanol–water partition coefficient (Wildman–Crippen LogP) is 3.91. The highest BCUT2D eigenvalue weighted by molar-refractivity contribution is 7.53. The van der Waals surface area contributed by atoms with Gasteiger partial charge in [-0.15, -0.1) is 0 Å². The molecule has 0 saturated carbocycles. The second kappa shape index (κ2) is 18.7. The minimum atomic E-state index is -4.21. The Morgan fingerprint density at radius 3 is 2.32 bits per heavy atom. The van der Waals surface area contributed by atoms with Crippen molar-refractivity contribution in [3.63, 3.8) is 0 Å². The Morgan fingerprint density at radius 2 is 1.68 bits per heavy atom. The number of unbranched alkanes of at least 4 members (excludes halogenated alkanes) is 9. The van der Waals surface area contributed by atoms with Crippen molar-refractivity contribution in [2.45, 2.75) is 96.2 Å². The van der Waals surface area contributed by atoms with Gasteiger partial charge in [-0.3, -0.25) is 4.79 Å². The molecule has 244 valence electrons. The number of carbonyl (C=O) groups excluding carboxylic acids is 1. The molecule has 0 fully saturated rings. The van der Waals surface area contributed by atoms with E-state index in [2.05, 4.69) is 27.2 Å². The number of hydrogen-bond donors (Lipinski definition) is 5. The smallest absolute Gasteiger partial charge is 0.402 e. The normalized spacial score (nSPS) is 14.3. The van der Waals surface area contributed by atoms with Gasteiger partial charge >= 0.3 is 7.60 Å². The lowest BCUT2D eigenvalue weighted by atomic mass is 10.0. The number of rotatable bonds is 23. The summed E-state index contributed by atoms with van der Waals surface area (Å²) in [6.07, 6.45) is 14.2. The second-order valence-electron chi connectivity index (χ2n) is 11.1. The van der Waals surface area contributed by atoms with E-state index in [9.17, 15) is 19.4 Å². The number of carbonyl (C=O) groups is 1. The number of benzene rings is 1. The van der Waals surface area contributed by atoms with E-state index in [1.54, 1.807) is 28.8 Å². The highest BCUT2D eigenvalue weighted by Crippen LogP contribution is 2.43. The average Bonchev–Trinajstić information content (AvgIpc) is 3.41. The standard InChI is InChI=1S/C30H48N7O6P/c1-2-3-4-5-6-7-8-9-10-11-16-33-26(29(32)39)17-23-12-14-24(15-13-23)43-44(40,41)22-42-25(19-38)18-37-21-36-27-28(31)34-20-35-30(27)37/h12-15,20-21,25-26,33,38H,2-11,16-19,22H2,1H3,(H2,32,39)(H,40,41)(H2,31,34,35)/t25-,26-/m0/s1. The van der Waals surface area contributed by atoms with Gasteiger partial charge in [0, 0.05) is 0 Å². The summed E-state index contributed by atoms with van der Waals surface area (Å²) in [6.45, 7) is 2.65. The summed E-state index contributed by atoms with van der Waals surface area (Å²) >= 11 is 0. The molecule has 1 unspecified atom stereocenters. The van der Waals surface area contributed by atoms with Crippen LogP contribution in [0.4, 0.5) is 5.82 Å². The van der Waals surface area contributed by atoms with E-state index < -0.39 is 38.6 Å². The molecule has 14 heteroatoms. The lowest BCUT2D eigenvalue weighted by molar-refractivity contribution is -0.120. The van der Waals surface area contributed by atoms with Crippen molar-refractivity contribution in [1.82, 2.24) is 24.8 Å². The van der Waals surface area contributed by atoms with Crippen LogP contribution in [-0.2, 0) is 27.1 Å². The molecule has 3 aromatic rings. The average molecular weight is 634 g/mol. The molecule has 13 nitrogen and oxygen atoms in total. The molecule has 0 spiro atoms. The quantitative estimate of drug-likeness (QED) is 0.0749. The zero-order valence-corrected chi connectivity index (χ0v) is 26.5. The van der Waals surface area contributed by atoms with Gasteiger partial charge in [0.15, 0.2) is 17.8 Å². The number of amides is 1. The number of aliphatic hydroxyl groups is 1. The van der Waals surface area contributed by atoms with Crippen molar-refractivity contribution in [2.75, 3.05) is 25.2 Å². The summed E-state index contributed by atoms with van der Waals surface area (Å²) in [5.74, 6) is -0.0295. The molecule has 0 aliphatic heterocycles. The summed E-state index contributed by atoms with van der Waals surface area (Å²) in [4.78, 5) is 34.6. The van der Waals surface area contributed by atoms with Crippen LogP contribution in [0.2, 0.25) is 0 Å². The number of nitrogens with one attached hydrogen (secondary N) is 1.